The molecular formula is C15H31N3. The fourth-order valence-corrected chi connectivity index (χ4v) is 3.49. The van der Waals surface area contributed by atoms with Crippen molar-refractivity contribution in [1.82, 2.24) is 15.1 Å². The van der Waals surface area contributed by atoms with Gasteiger partial charge in [-0.2, -0.15) is 0 Å². The normalized spacial score (nSPS) is 32.7. The summed E-state index contributed by atoms with van der Waals surface area (Å²) < 4.78 is 0. The Balaban J connectivity index is 1.87. The Morgan fingerprint density at radius 3 is 2.67 bits per heavy atom. The standard InChI is InChI=1S/C15H31N3/c1-13-11-18(9-8-17(13)4)12-15(2,3)14-6-5-7-16-10-14/h13-14,16H,5-12H2,1-4H3. The van der Waals surface area contributed by atoms with E-state index in [1.807, 2.05) is 0 Å². The lowest BCUT2D eigenvalue weighted by Gasteiger charge is -2.44. The predicted molar refractivity (Wildman–Crippen MR) is 77.9 cm³/mol. The summed E-state index contributed by atoms with van der Waals surface area (Å²) >= 11 is 0. The third-order valence-electron chi connectivity index (χ3n) is 5.08. The Bertz CT molecular complexity index is 258. The van der Waals surface area contributed by atoms with E-state index in [-0.39, 0.29) is 0 Å². The van der Waals surface area contributed by atoms with E-state index in [9.17, 15) is 0 Å². The van der Waals surface area contributed by atoms with Crippen LogP contribution in [0, 0.1) is 11.3 Å². The van der Waals surface area contributed by atoms with E-state index in [0.717, 1.165) is 5.92 Å². The van der Waals surface area contributed by atoms with E-state index >= 15 is 0 Å². The van der Waals surface area contributed by atoms with E-state index in [2.05, 4.69) is 42.9 Å². The largest absolute Gasteiger partial charge is 0.316 e. The van der Waals surface area contributed by atoms with Crippen LogP contribution in [0.5, 0.6) is 0 Å². The van der Waals surface area contributed by atoms with Crippen LogP contribution < -0.4 is 5.32 Å². The Kier molecular flexibility index (Phi) is 4.68. The molecule has 106 valence electrons. The first-order chi connectivity index (χ1) is 8.49. The second-order valence-corrected chi connectivity index (χ2v) is 7.10. The van der Waals surface area contributed by atoms with Gasteiger partial charge in [-0.1, -0.05) is 13.8 Å². The number of hydrogen-bond donors (Lipinski definition) is 1. The Morgan fingerprint density at radius 1 is 1.28 bits per heavy atom. The van der Waals surface area contributed by atoms with Gasteiger partial charge in [0.25, 0.3) is 0 Å². The highest BCUT2D eigenvalue weighted by atomic mass is 15.3. The number of rotatable bonds is 3. The molecule has 2 atom stereocenters. The summed E-state index contributed by atoms with van der Waals surface area (Å²) in [6.45, 7) is 14.7. The zero-order valence-electron chi connectivity index (χ0n) is 12.7. The molecule has 2 aliphatic heterocycles. The molecule has 1 N–H and O–H groups in total. The fourth-order valence-electron chi connectivity index (χ4n) is 3.49. The highest BCUT2D eigenvalue weighted by Gasteiger charge is 2.33. The van der Waals surface area contributed by atoms with Crippen LogP contribution in [0.15, 0.2) is 0 Å². The molecule has 18 heavy (non-hydrogen) atoms. The molecule has 0 radical (unpaired) electrons. The fraction of sp³-hybridized carbons (Fsp3) is 1.00. The van der Waals surface area contributed by atoms with Crippen LogP contribution in [-0.4, -0.2) is 62.2 Å². The molecule has 0 aromatic carbocycles. The molecule has 0 amide bonds. The average molecular weight is 253 g/mol. The molecule has 2 heterocycles. The highest BCUT2D eigenvalue weighted by molar-refractivity contribution is 4.87. The van der Waals surface area contributed by atoms with Crippen LogP contribution >= 0.6 is 0 Å². The molecule has 0 bridgehead atoms. The smallest absolute Gasteiger partial charge is 0.0192 e. The summed E-state index contributed by atoms with van der Waals surface area (Å²) in [6, 6.07) is 0.707. The third kappa shape index (κ3) is 3.46. The topological polar surface area (TPSA) is 18.5 Å². The van der Waals surface area contributed by atoms with Crippen molar-refractivity contribution in [3.05, 3.63) is 0 Å². The lowest BCUT2D eigenvalue weighted by atomic mass is 9.74. The number of likely N-dealkylation sites (N-methyl/N-ethyl adjacent to an activating group) is 1. The van der Waals surface area contributed by atoms with Crippen LogP contribution in [0.3, 0.4) is 0 Å². The first-order valence-electron chi connectivity index (χ1n) is 7.62. The van der Waals surface area contributed by atoms with Crippen molar-refractivity contribution < 1.29 is 0 Å². The van der Waals surface area contributed by atoms with Crippen molar-refractivity contribution in [3.8, 4) is 0 Å². The van der Waals surface area contributed by atoms with Crippen LogP contribution in [0.4, 0.5) is 0 Å². The summed E-state index contributed by atoms with van der Waals surface area (Å²) in [4.78, 5) is 5.16. The van der Waals surface area contributed by atoms with Crippen molar-refractivity contribution in [2.24, 2.45) is 11.3 Å². The second-order valence-electron chi connectivity index (χ2n) is 7.10. The second kappa shape index (κ2) is 5.89. The van der Waals surface area contributed by atoms with Gasteiger partial charge in [0, 0.05) is 32.2 Å². The first kappa shape index (κ1) is 14.3. The molecule has 3 heteroatoms. The molecule has 0 saturated carbocycles. The van der Waals surface area contributed by atoms with E-state index in [0.29, 0.717) is 11.5 Å². The van der Waals surface area contributed by atoms with Gasteiger partial charge in [-0.3, -0.25) is 4.90 Å². The predicted octanol–water partition coefficient (Wildman–Crippen LogP) is 1.65. The van der Waals surface area contributed by atoms with E-state index in [4.69, 9.17) is 0 Å². The third-order valence-corrected chi connectivity index (χ3v) is 5.08. The molecule has 0 aromatic heterocycles. The van der Waals surface area contributed by atoms with Crippen molar-refractivity contribution in [2.45, 2.75) is 39.7 Å². The summed E-state index contributed by atoms with van der Waals surface area (Å²) in [5.74, 6) is 0.848. The van der Waals surface area contributed by atoms with Crippen LogP contribution in [0.2, 0.25) is 0 Å². The monoisotopic (exact) mass is 253 g/mol. The van der Waals surface area contributed by atoms with Crippen molar-refractivity contribution in [2.75, 3.05) is 46.3 Å². The lowest BCUT2D eigenvalue weighted by molar-refractivity contribution is 0.0470. The van der Waals surface area contributed by atoms with Gasteiger partial charge in [-0.15, -0.1) is 0 Å². The minimum atomic E-state index is 0.447. The van der Waals surface area contributed by atoms with Gasteiger partial charge in [0.2, 0.25) is 0 Å². The Labute approximate surface area is 113 Å². The minimum absolute atomic E-state index is 0.447. The molecule has 0 spiro atoms. The van der Waals surface area contributed by atoms with E-state index in [1.54, 1.807) is 0 Å². The van der Waals surface area contributed by atoms with Gasteiger partial charge in [-0.25, -0.2) is 0 Å². The molecule has 0 aliphatic carbocycles. The number of nitrogens with zero attached hydrogens (tertiary/aromatic N) is 2. The average Bonchev–Trinajstić information content (AvgIpc) is 2.35. The van der Waals surface area contributed by atoms with Crippen molar-refractivity contribution >= 4 is 0 Å². The first-order valence-corrected chi connectivity index (χ1v) is 7.62. The molecule has 2 unspecified atom stereocenters. The molecule has 2 rings (SSSR count). The summed E-state index contributed by atoms with van der Waals surface area (Å²) in [7, 11) is 2.25. The van der Waals surface area contributed by atoms with Crippen molar-refractivity contribution in [3.63, 3.8) is 0 Å². The number of piperidine rings is 1. The van der Waals surface area contributed by atoms with Crippen molar-refractivity contribution in [1.29, 1.82) is 0 Å². The number of piperazine rings is 1. The van der Waals surface area contributed by atoms with Gasteiger partial charge in [-0.05, 0) is 51.2 Å². The van der Waals surface area contributed by atoms with Crippen LogP contribution in [0.25, 0.3) is 0 Å². The number of hydrogen-bond acceptors (Lipinski definition) is 3. The van der Waals surface area contributed by atoms with Gasteiger partial charge < -0.3 is 10.2 Å². The SMILES string of the molecule is CC1CN(CC(C)(C)C2CCCNC2)CCN1C. The summed E-state index contributed by atoms with van der Waals surface area (Å²) in [6.07, 6.45) is 2.76. The maximum absolute atomic E-state index is 3.57. The molecule has 3 nitrogen and oxygen atoms in total. The van der Waals surface area contributed by atoms with Crippen LogP contribution in [0.1, 0.15) is 33.6 Å². The maximum atomic E-state index is 3.57. The molecule has 0 aromatic rings. The highest BCUT2D eigenvalue weighted by Crippen LogP contribution is 2.33. The Morgan fingerprint density at radius 2 is 2.06 bits per heavy atom. The zero-order valence-corrected chi connectivity index (χ0v) is 12.7. The number of nitrogens with one attached hydrogen (secondary N) is 1. The van der Waals surface area contributed by atoms with E-state index in [1.165, 1.54) is 52.1 Å². The summed E-state index contributed by atoms with van der Waals surface area (Å²) in [5, 5.41) is 3.57. The summed E-state index contributed by atoms with van der Waals surface area (Å²) in [5.41, 5.74) is 0.447. The molecule has 2 aliphatic rings. The van der Waals surface area contributed by atoms with Gasteiger partial charge >= 0.3 is 0 Å². The molecule has 2 saturated heterocycles. The van der Waals surface area contributed by atoms with Gasteiger partial charge in [0.1, 0.15) is 0 Å². The van der Waals surface area contributed by atoms with Crippen LogP contribution in [-0.2, 0) is 0 Å². The lowest BCUT2D eigenvalue weighted by Crippen LogP contribution is -2.53. The molecular weight excluding hydrogens is 222 g/mol. The maximum Gasteiger partial charge on any atom is 0.0192 e. The zero-order chi connectivity index (χ0) is 13.2. The minimum Gasteiger partial charge on any atom is -0.316 e. The van der Waals surface area contributed by atoms with Gasteiger partial charge in [0.15, 0.2) is 0 Å². The molecule has 2 fully saturated rings. The Hall–Kier alpha value is -0.120. The quantitative estimate of drug-likeness (QED) is 0.825. The van der Waals surface area contributed by atoms with E-state index < -0.39 is 0 Å². The van der Waals surface area contributed by atoms with Gasteiger partial charge in [0.05, 0.1) is 0 Å².